The summed E-state index contributed by atoms with van der Waals surface area (Å²) in [5, 5.41) is 2.98. The van der Waals surface area contributed by atoms with Gasteiger partial charge in [0.1, 0.15) is 11.8 Å². The largest absolute Gasteiger partial charge is 0.352 e. The zero-order chi connectivity index (χ0) is 19.3. The van der Waals surface area contributed by atoms with Gasteiger partial charge in [-0.2, -0.15) is 0 Å². The molecule has 0 unspecified atom stereocenters. The third kappa shape index (κ3) is 3.92. The van der Waals surface area contributed by atoms with Crippen LogP contribution < -0.4 is 5.32 Å². The maximum Gasteiger partial charge on any atom is 0.251 e. The fourth-order valence-corrected chi connectivity index (χ4v) is 3.43. The predicted molar refractivity (Wildman–Crippen MR) is 113 cm³/mol. The lowest BCUT2D eigenvalue weighted by atomic mass is 10.1. The van der Waals surface area contributed by atoms with Crippen LogP contribution in [0, 0.1) is 0 Å². The first-order chi connectivity index (χ1) is 13.7. The molecule has 5 nitrogen and oxygen atoms in total. The number of nitrogens with zero attached hydrogens (tertiary/aromatic N) is 3. The molecule has 0 bridgehead atoms. The van der Waals surface area contributed by atoms with Crippen molar-refractivity contribution in [2.45, 2.75) is 11.3 Å². The van der Waals surface area contributed by atoms with Crippen molar-refractivity contribution in [1.82, 2.24) is 19.9 Å². The first-order valence-corrected chi connectivity index (χ1v) is 10.3. The van der Waals surface area contributed by atoms with Crippen molar-refractivity contribution in [2.24, 2.45) is 0 Å². The Morgan fingerprint density at radius 1 is 1.04 bits per heavy atom. The lowest BCUT2D eigenvalue weighted by molar-refractivity contribution is 0.0954. The standard InChI is InChI=1S/C22H20N4OS/c1-28-19-10-4-16(5-11-19)12-14-24-22(27)17-6-8-18(9-7-17)26-15-25-20-3-2-13-23-21(20)26/h2-11,13,15H,12,14H2,1H3,(H,24,27). The normalized spacial score (nSPS) is 10.9. The Morgan fingerprint density at radius 2 is 1.82 bits per heavy atom. The number of pyridine rings is 1. The highest BCUT2D eigenvalue weighted by molar-refractivity contribution is 7.98. The van der Waals surface area contributed by atoms with Crippen LogP contribution >= 0.6 is 11.8 Å². The number of nitrogens with one attached hydrogen (secondary N) is 1. The molecule has 0 aliphatic heterocycles. The van der Waals surface area contributed by atoms with E-state index in [9.17, 15) is 4.79 Å². The van der Waals surface area contributed by atoms with E-state index < -0.39 is 0 Å². The molecule has 140 valence electrons. The Balaban J connectivity index is 1.38. The fraction of sp³-hybridized carbons (Fsp3) is 0.136. The van der Waals surface area contributed by atoms with Crippen LogP contribution in [-0.4, -0.2) is 33.2 Å². The van der Waals surface area contributed by atoms with Crippen LogP contribution in [0.4, 0.5) is 0 Å². The van der Waals surface area contributed by atoms with Crippen molar-refractivity contribution >= 4 is 28.8 Å². The molecule has 1 amide bonds. The van der Waals surface area contributed by atoms with Gasteiger partial charge in [0, 0.05) is 28.9 Å². The molecule has 4 rings (SSSR count). The summed E-state index contributed by atoms with van der Waals surface area (Å²) >= 11 is 1.72. The molecule has 0 saturated carbocycles. The molecule has 1 N–H and O–H groups in total. The van der Waals surface area contributed by atoms with Gasteiger partial charge in [-0.25, -0.2) is 9.97 Å². The number of thioether (sulfide) groups is 1. The summed E-state index contributed by atoms with van der Waals surface area (Å²) < 4.78 is 1.91. The van der Waals surface area contributed by atoms with Crippen LogP contribution in [0.25, 0.3) is 16.9 Å². The van der Waals surface area contributed by atoms with E-state index in [0.29, 0.717) is 12.1 Å². The molecule has 6 heteroatoms. The van der Waals surface area contributed by atoms with Crippen molar-refractivity contribution in [3.05, 3.63) is 84.3 Å². The Labute approximate surface area is 167 Å². The zero-order valence-electron chi connectivity index (χ0n) is 15.5. The van der Waals surface area contributed by atoms with Crippen molar-refractivity contribution in [3.8, 4) is 5.69 Å². The topological polar surface area (TPSA) is 59.8 Å². The molecular weight excluding hydrogens is 368 g/mol. The van der Waals surface area contributed by atoms with E-state index in [-0.39, 0.29) is 5.91 Å². The second-order valence-electron chi connectivity index (χ2n) is 6.36. The summed E-state index contributed by atoms with van der Waals surface area (Å²) in [7, 11) is 0. The van der Waals surface area contributed by atoms with Gasteiger partial charge < -0.3 is 5.32 Å². The molecule has 2 heterocycles. The lowest BCUT2D eigenvalue weighted by Gasteiger charge is -2.08. The summed E-state index contributed by atoms with van der Waals surface area (Å²) in [5.41, 5.74) is 4.42. The molecule has 0 aliphatic rings. The summed E-state index contributed by atoms with van der Waals surface area (Å²) in [6.45, 7) is 0.606. The Kier molecular flexibility index (Phi) is 5.39. The summed E-state index contributed by atoms with van der Waals surface area (Å²) in [6.07, 6.45) is 6.36. The molecule has 28 heavy (non-hydrogen) atoms. The van der Waals surface area contributed by atoms with Gasteiger partial charge in [0.15, 0.2) is 5.65 Å². The molecule has 0 spiro atoms. The molecule has 0 fully saturated rings. The molecule has 0 saturated heterocycles. The molecule has 0 radical (unpaired) electrons. The third-order valence-corrected chi connectivity index (χ3v) is 5.32. The second kappa shape index (κ2) is 8.27. The predicted octanol–water partition coefficient (Wildman–Crippen LogP) is 4.11. The average Bonchev–Trinajstić information content (AvgIpc) is 3.18. The quantitative estimate of drug-likeness (QED) is 0.505. The molecule has 0 aliphatic carbocycles. The third-order valence-electron chi connectivity index (χ3n) is 4.57. The van der Waals surface area contributed by atoms with E-state index in [1.54, 1.807) is 24.3 Å². The smallest absolute Gasteiger partial charge is 0.251 e. The maximum absolute atomic E-state index is 12.4. The zero-order valence-corrected chi connectivity index (χ0v) is 16.3. The summed E-state index contributed by atoms with van der Waals surface area (Å²) in [5.74, 6) is -0.0686. The van der Waals surface area contributed by atoms with Gasteiger partial charge in [0.05, 0.1) is 0 Å². The van der Waals surface area contributed by atoms with E-state index >= 15 is 0 Å². The SMILES string of the molecule is CSc1ccc(CCNC(=O)c2ccc(-n3cnc4cccnc43)cc2)cc1. The van der Waals surface area contributed by atoms with Gasteiger partial charge in [0.2, 0.25) is 0 Å². The van der Waals surface area contributed by atoms with Gasteiger partial charge in [-0.3, -0.25) is 9.36 Å². The monoisotopic (exact) mass is 388 g/mol. The lowest BCUT2D eigenvalue weighted by Crippen LogP contribution is -2.25. The molecule has 2 aromatic carbocycles. The number of carbonyl (C=O) groups excluding carboxylic acids is 1. The summed E-state index contributed by atoms with van der Waals surface area (Å²) in [6, 6.07) is 19.7. The van der Waals surface area contributed by atoms with Crippen molar-refractivity contribution in [1.29, 1.82) is 0 Å². The van der Waals surface area contributed by atoms with E-state index in [2.05, 4.69) is 45.8 Å². The highest BCUT2D eigenvalue weighted by atomic mass is 32.2. The van der Waals surface area contributed by atoms with Crippen molar-refractivity contribution in [2.75, 3.05) is 12.8 Å². The van der Waals surface area contributed by atoms with Crippen molar-refractivity contribution in [3.63, 3.8) is 0 Å². The number of fused-ring (bicyclic) bond motifs is 1. The minimum Gasteiger partial charge on any atom is -0.352 e. The van der Waals surface area contributed by atoms with Crippen molar-refractivity contribution < 1.29 is 4.79 Å². The molecule has 2 aromatic heterocycles. The number of rotatable bonds is 6. The van der Waals surface area contributed by atoms with E-state index in [1.165, 1.54) is 10.5 Å². The number of aromatic nitrogens is 3. The second-order valence-corrected chi connectivity index (χ2v) is 7.24. The van der Waals surface area contributed by atoms with Gasteiger partial charge in [-0.15, -0.1) is 11.8 Å². The number of hydrogen-bond donors (Lipinski definition) is 1. The number of benzene rings is 2. The van der Waals surface area contributed by atoms with Gasteiger partial charge in [-0.05, 0) is 66.8 Å². The fourth-order valence-electron chi connectivity index (χ4n) is 3.03. The average molecular weight is 388 g/mol. The van der Waals surface area contributed by atoms with E-state index in [1.807, 2.05) is 41.0 Å². The number of amides is 1. The maximum atomic E-state index is 12.4. The number of hydrogen-bond acceptors (Lipinski definition) is 4. The summed E-state index contributed by atoms with van der Waals surface area (Å²) in [4.78, 5) is 22.4. The van der Waals surface area contributed by atoms with E-state index in [0.717, 1.165) is 23.3 Å². The number of imidazole rings is 1. The molecule has 0 atom stereocenters. The highest BCUT2D eigenvalue weighted by Gasteiger charge is 2.08. The Morgan fingerprint density at radius 3 is 2.57 bits per heavy atom. The van der Waals surface area contributed by atoms with Crippen LogP contribution in [0.5, 0.6) is 0 Å². The van der Waals surface area contributed by atoms with Crippen LogP contribution in [-0.2, 0) is 6.42 Å². The van der Waals surface area contributed by atoms with Crippen LogP contribution in [0.1, 0.15) is 15.9 Å². The van der Waals surface area contributed by atoms with E-state index in [4.69, 9.17) is 0 Å². The minimum absolute atomic E-state index is 0.0686. The van der Waals surface area contributed by atoms with Crippen LogP contribution in [0.3, 0.4) is 0 Å². The van der Waals surface area contributed by atoms with Gasteiger partial charge >= 0.3 is 0 Å². The van der Waals surface area contributed by atoms with Gasteiger partial charge in [0.25, 0.3) is 5.91 Å². The highest BCUT2D eigenvalue weighted by Crippen LogP contribution is 2.17. The van der Waals surface area contributed by atoms with Gasteiger partial charge in [-0.1, -0.05) is 12.1 Å². The van der Waals surface area contributed by atoms with Crippen LogP contribution in [0.2, 0.25) is 0 Å². The minimum atomic E-state index is -0.0686. The molecule has 4 aromatic rings. The Bertz CT molecular complexity index is 1090. The number of carbonyl (C=O) groups is 1. The molecular formula is C22H20N4OS. The van der Waals surface area contributed by atoms with Crippen LogP contribution in [0.15, 0.2) is 78.1 Å². The first-order valence-electron chi connectivity index (χ1n) is 9.04. The first kappa shape index (κ1) is 18.3. The Hall–Kier alpha value is -3.12.